The average molecular weight is 150 g/mol. The lowest BCUT2D eigenvalue weighted by atomic mass is 9.99. The summed E-state index contributed by atoms with van der Waals surface area (Å²) in [6.07, 6.45) is 7.23. The molecule has 11 heavy (non-hydrogen) atoms. The van der Waals surface area contributed by atoms with Gasteiger partial charge in [-0.2, -0.15) is 0 Å². The number of nitrogens with two attached hydrogens (primary N) is 1. The fourth-order valence-corrected chi connectivity index (χ4v) is 1.24. The van der Waals surface area contributed by atoms with E-state index in [1.54, 1.807) is 6.20 Å². The molecule has 0 radical (unpaired) electrons. The van der Waals surface area contributed by atoms with Crippen molar-refractivity contribution in [3.63, 3.8) is 0 Å². The van der Waals surface area contributed by atoms with Crippen molar-refractivity contribution in [2.45, 2.75) is 12.3 Å². The first-order chi connectivity index (χ1) is 5.36. The Morgan fingerprint density at radius 2 is 2.27 bits per heavy atom. The van der Waals surface area contributed by atoms with Crippen molar-refractivity contribution >= 4 is 12.4 Å². The number of hydrogen-bond acceptors (Lipinski definition) is 4. The Morgan fingerprint density at radius 3 is 3.18 bits per heavy atom. The molecule has 0 aromatic rings. The molecule has 2 heterocycles. The first-order valence-electron chi connectivity index (χ1n) is 3.61. The zero-order chi connectivity index (χ0) is 7.68. The molecule has 4 nitrogen and oxygen atoms in total. The fourth-order valence-electron chi connectivity index (χ4n) is 1.24. The second-order valence-electron chi connectivity index (χ2n) is 2.65. The molecule has 0 aromatic heterocycles. The van der Waals surface area contributed by atoms with Gasteiger partial charge in [0.1, 0.15) is 0 Å². The quantitative estimate of drug-likeness (QED) is 0.488. The van der Waals surface area contributed by atoms with Crippen LogP contribution in [0.3, 0.4) is 0 Å². The second kappa shape index (κ2) is 2.56. The van der Waals surface area contributed by atoms with Gasteiger partial charge in [0.2, 0.25) is 0 Å². The zero-order valence-corrected chi connectivity index (χ0v) is 6.01. The number of nitrogens with one attached hydrogen (secondary N) is 1. The minimum atomic E-state index is -0.257. The van der Waals surface area contributed by atoms with Gasteiger partial charge in [0.15, 0.2) is 6.29 Å². The van der Waals surface area contributed by atoms with Crippen LogP contribution < -0.4 is 11.1 Å². The summed E-state index contributed by atoms with van der Waals surface area (Å²) in [4.78, 5) is 8.04. The molecule has 2 aliphatic rings. The lowest BCUT2D eigenvalue weighted by molar-refractivity contribution is 0.455. The highest BCUT2D eigenvalue weighted by molar-refractivity contribution is 5.86. The minimum Gasteiger partial charge on any atom is -0.297 e. The van der Waals surface area contributed by atoms with Crippen LogP contribution in [0.15, 0.2) is 22.3 Å². The summed E-state index contributed by atoms with van der Waals surface area (Å²) in [5.74, 6) is 0.278. The van der Waals surface area contributed by atoms with Crippen LogP contribution in [0.2, 0.25) is 0 Å². The summed E-state index contributed by atoms with van der Waals surface area (Å²) in [7, 11) is 0. The van der Waals surface area contributed by atoms with E-state index in [1.165, 1.54) is 0 Å². The molecule has 2 rings (SSSR count). The average Bonchev–Trinajstić information content (AvgIpc) is 2.04. The van der Waals surface area contributed by atoms with E-state index in [2.05, 4.69) is 15.3 Å². The van der Waals surface area contributed by atoms with Crippen molar-refractivity contribution in [3.8, 4) is 0 Å². The van der Waals surface area contributed by atoms with Crippen LogP contribution in [-0.2, 0) is 0 Å². The van der Waals surface area contributed by atoms with Crippen LogP contribution in [0.25, 0.3) is 0 Å². The van der Waals surface area contributed by atoms with Crippen LogP contribution in [0.4, 0.5) is 0 Å². The molecule has 0 aliphatic carbocycles. The van der Waals surface area contributed by atoms with E-state index >= 15 is 0 Å². The highest BCUT2D eigenvalue weighted by atomic mass is 15.2. The summed E-state index contributed by atoms with van der Waals surface area (Å²) >= 11 is 0. The smallest absolute Gasteiger partial charge is 0.151 e. The van der Waals surface area contributed by atoms with E-state index in [1.807, 2.05) is 18.5 Å². The third kappa shape index (κ3) is 1.22. The molecule has 3 unspecified atom stereocenters. The molecule has 0 spiro atoms. The van der Waals surface area contributed by atoms with Crippen LogP contribution in [0.1, 0.15) is 0 Å². The first kappa shape index (κ1) is 6.69. The third-order valence-corrected chi connectivity index (χ3v) is 1.83. The van der Waals surface area contributed by atoms with Crippen molar-refractivity contribution in [1.29, 1.82) is 0 Å². The Morgan fingerprint density at radius 1 is 1.36 bits per heavy atom. The number of aliphatic imine (C=N–C) groups is 2. The summed E-state index contributed by atoms with van der Waals surface area (Å²) < 4.78 is 0. The van der Waals surface area contributed by atoms with Crippen molar-refractivity contribution < 1.29 is 0 Å². The summed E-state index contributed by atoms with van der Waals surface area (Å²) in [5, 5.41) is 3.12. The zero-order valence-electron chi connectivity index (χ0n) is 6.01. The second-order valence-corrected chi connectivity index (χ2v) is 2.65. The molecule has 0 amide bonds. The van der Waals surface area contributed by atoms with E-state index in [4.69, 9.17) is 5.73 Å². The number of nitrogens with zero attached hydrogens (tertiary/aromatic N) is 2. The van der Waals surface area contributed by atoms with Crippen molar-refractivity contribution in [1.82, 2.24) is 5.32 Å². The summed E-state index contributed by atoms with van der Waals surface area (Å²) in [5.41, 5.74) is 5.55. The largest absolute Gasteiger partial charge is 0.297 e. The lowest BCUT2D eigenvalue weighted by Gasteiger charge is -2.27. The van der Waals surface area contributed by atoms with Gasteiger partial charge in [-0.05, 0) is 6.08 Å². The molecule has 0 bridgehead atoms. The van der Waals surface area contributed by atoms with Gasteiger partial charge in [0.25, 0.3) is 0 Å². The van der Waals surface area contributed by atoms with E-state index in [9.17, 15) is 0 Å². The molecule has 0 aromatic carbocycles. The van der Waals surface area contributed by atoms with Crippen LogP contribution in [0.5, 0.6) is 0 Å². The Kier molecular flexibility index (Phi) is 1.56. The van der Waals surface area contributed by atoms with Crippen molar-refractivity contribution in [2.24, 2.45) is 21.6 Å². The molecular weight excluding hydrogens is 140 g/mol. The molecule has 0 fully saturated rings. The van der Waals surface area contributed by atoms with Gasteiger partial charge in [-0.1, -0.05) is 0 Å². The predicted molar refractivity (Wildman–Crippen MR) is 44.5 cm³/mol. The molecule has 0 saturated carbocycles. The summed E-state index contributed by atoms with van der Waals surface area (Å²) in [6, 6.07) is 0.278. The van der Waals surface area contributed by atoms with Gasteiger partial charge in [-0.15, -0.1) is 0 Å². The highest BCUT2D eigenvalue weighted by Gasteiger charge is 2.22. The van der Waals surface area contributed by atoms with Crippen molar-refractivity contribution in [3.05, 3.63) is 12.3 Å². The maximum absolute atomic E-state index is 5.55. The van der Waals surface area contributed by atoms with E-state index < -0.39 is 0 Å². The van der Waals surface area contributed by atoms with Gasteiger partial charge in [-0.25, -0.2) is 0 Å². The van der Waals surface area contributed by atoms with E-state index in [0.717, 1.165) is 0 Å². The first-order valence-corrected chi connectivity index (χ1v) is 3.61. The van der Waals surface area contributed by atoms with Crippen LogP contribution in [0, 0.1) is 5.92 Å². The topological polar surface area (TPSA) is 62.8 Å². The number of rotatable bonds is 0. The van der Waals surface area contributed by atoms with E-state index in [0.29, 0.717) is 0 Å². The molecule has 2 aliphatic heterocycles. The molecule has 0 saturated heterocycles. The predicted octanol–water partition coefficient (Wildman–Crippen LogP) is -0.514. The van der Waals surface area contributed by atoms with Gasteiger partial charge < -0.3 is 0 Å². The number of hydrogen-bond donors (Lipinski definition) is 2. The van der Waals surface area contributed by atoms with Crippen LogP contribution in [-0.4, -0.2) is 24.8 Å². The molecule has 4 heteroatoms. The standard InChI is InChI=1S/C7H10N4/c8-7-10-4-5-3-9-2-1-6(5)11-7/h1-7,11H,8H2. The van der Waals surface area contributed by atoms with E-state index in [-0.39, 0.29) is 18.2 Å². The SMILES string of the molecule is NC1N=CC2C=NC=CC2N1. The fraction of sp³-hybridized carbons (Fsp3) is 0.429. The van der Waals surface area contributed by atoms with Crippen molar-refractivity contribution in [2.75, 3.05) is 0 Å². The normalized spacial score (nSPS) is 40.6. The summed E-state index contributed by atoms with van der Waals surface area (Å²) in [6.45, 7) is 0. The highest BCUT2D eigenvalue weighted by Crippen LogP contribution is 2.09. The lowest BCUT2D eigenvalue weighted by Crippen LogP contribution is -2.50. The Bertz CT molecular complexity index is 231. The van der Waals surface area contributed by atoms with Gasteiger partial charge in [-0.3, -0.25) is 21.0 Å². The van der Waals surface area contributed by atoms with Gasteiger partial charge in [0, 0.05) is 30.6 Å². The number of fused-ring (bicyclic) bond motifs is 1. The molecule has 58 valence electrons. The Hall–Kier alpha value is -1.00. The third-order valence-electron chi connectivity index (χ3n) is 1.83. The Balaban J connectivity index is 2.20. The van der Waals surface area contributed by atoms with Crippen LogP contribution >= 0.6 is 0 Å². The molecule has 3 N–H and O–H groups in total. The minimum absolute atomic E-state index is 0.257. The maximum atomic E-state index is 5.55. The monoisotopic (exact) mass is 150 g/mol. The maximum Gasteiger partial charge on any atom is 0.151 e. The Labute approximate surface area is 64.9 Å². The molecular formula is C7H10N4. The van der Waals surface area contributed by atoms with Gasteiger partial charge >= 0.3 is 0 Å². The molecule has 3 atom stereocenters. The van der Waals surface area contributed by atoms with Gasteiger partial charge in [0.05, 0.1) is 0 Å².